The minimum Gasteiger partial charge on any atom is -0.399 e. The van der Waals surface area contributed by atoms with Gasteiger partial charge in [-0.05, 0) is 37.6 Å². The number of amides is 1. The van der Waals surface area contributed by atoms with Crippen LogP contribution in [0.15, 0.2) is 23.1 Å². The molecule has 5 nitrogen and oxygen atoms in total. The molecule has 0 aromatic heterocycles. The zero-order valence-corrected chi connectivity index (χ0v) is 11.6. The normalized spacial score (nSPS) is 11.3. The van der Waals surface area contributed by atoms with E-state index < -0.39 is 21.5 Å². The highest BCUT2D eigenvalue weighted by atomic mass is 32.2. The number of anilines is 1. The Balaban J connectivity index is 3.04. The SMILES string of the molecule is CCN(C)C(=O)CS(=O)(=O)c1ccc(N)cc1C. The van der Waals surface area contributed by atoms with Gasteiger partial charge in [0.1, 0.15) is 5.75 Å². The Morgan fingerprint density at radius 2 is 2.00 bits per heavy atom. The van der Waals surface area contributed by atoms with Gasteiger partial charge in [0.05, 0.1) is 4.90 Å². The quantitative estimate of drug-likeness (QED) is 0.822. The van der Waals surface area contributed by atoms with Crippen molar-refractivity contribution in [2.45, 2.75) is 18.7 Å². The van der Waals surface area contributed by atoms with Crippen LogP contribution in [0, 0.1) is 6.92 Å². The molecule has 0 aliphatic carbocycles. The van der Waals surface area contributed by atoms with Crippen LogP contribution in [0.5, 0.6) is 0 Å². The third-order valence-electron chi connectivity index (χ3n) is 2.75. The smallest absolute Gasteiger partial charge is 0.237 e. The number of rotatable bonds is 4. The van der Waals surface area contributed by atoms with Crippen molar-refractivity contribution in [3.63, 3.8) is 0 Å². The number of carbonyl (C=O) groups is 1. The first kappa shape index (κ1) is 14.5. The van der Waals surface area contributed by atoms with E-state index in [0.29, 0.717) is 17.8 Å². The van der Waals surface area contributed by atoms with Gasteiger partial charge in [0.2, 0.25) is 5.91 Å². The van der Waals surface area contributed by atoms with Crippen LogP contribution in [0.25, 0.3) is 0 Å². The summed E-state index contributed by atoms with van der Waals surface area (Å²) in [6.45, 7) is 3.94. The van der Waals surface area contributed by atoms with Crippen molar-refractivity contribution in [1.82, 2.24) is 4.90 Å². The van der Waals surface area contributed by atoms with Gasteiger partial charge in [-0.1, -0.05) is 0 Å². The molecule has 1 amide bonds. The third kappa shape index (κ3) is 3.22. The summed E-state index contributed by atoms with van der Waals surface area (Å²) in [4.78, 5) is 13.2. The number of hydrogen-bond donors (Lipinski definition) is 1. The number of nitrogens with zero attached hydrogens (tertiary/aromatic N) is 1. The molecule has 2 N–H and O–H groups in total. The average Bonchev–Trinajstić information content (AvgIpc) is 2.26. The zero-order valence-electron chi connectivity index (χ0n) is 10.8. The van der Waals surface area contributed by atoms with Crippen LogP contribution in [0.1, 0.15) is 12.5 Å². The Kier molecular flexibility index (Phi) is 4.34. The standard InChI is InChI=1S/C12H18N2O3S/c1-4-14(3)12(15)8-18(16,17)11-6-5-10(13)7-9(11)2/h5-7H,4,8,13H2,1-3H3. The molecular weight excluding hydrogens is 252 g/mol. The fourth-order valence-electron chi connectivity index (χ4n) is 1.55. The maximum Gasteiger partial charge on any atom is 0.237 e. The number of sulfone groups is 1. The highest BCUT2D eigenvalue weighted by Gasteiger charge is 2.22. The fourth-order valence-corrected chi connectivity index (χ4v) is 3.07. The molecule has 1 rings (SSSR count). The van der Waals surface area contributed by atoms with Gasteiger partial charge in [0, 0.05) is 19.3 Å². The van der Waals surface area contributed by atoms with E-state index in [2.05, 4.69) is 0 Å². The number of aryl methyl sites for hydroxylation is 1. The summed E-state index contributed by atoms with van der Waals surface area (Å²) in [5, 5.41) is 0. The van der Waals surface area contributed by atoms with Crippen LogP contribution in [-0.4, -0.2) is 38.6 Å². The molecule has 0 atom stereocenters. The lowest BCUT2D eigenvalue weighted by atomic mass is 10.2. The van der Waals surface area contributed by atoms with Crippen molar-refractivity contribution in [3.8, 4) is 0 Å². The van der Waals surface area contributed by atoms with Crippen LogP contribution >= 0.6 is 0 Å². The van der Waals surface area contributed by atoms with Crippen molar-refractivity contribution < 1.29 is 13.2 Å². The first-order valence-electron chi connectivity index (χ1n) is 5.60. The lowest BCUT2D eigenvalue weighted by molar-refractivity contribution is -0.126. The molecule has 0 radical (unpaired) electrons. The molecule has 1 aromatic rings. The molecule has 100 valence electrons. The summed E-state index contributed by atoms with van der Waals surface area (Å²) in [6, 6.07) is 4.55. The van der Waals surface area contributed by atoms with Gasteiger partial charge in [-0.25, -0.2) is 8.42 Å². The van der Waals surface area contributed by atoms with Gasteiger partial charge < -0.3 is 10.6 Å². The maximum atomic E-state index is 12.1. The molecule has 0 spiro atoms. The molecule has 0 unspecified atom stereocenters. The molecular formula is C12H18N2O3S. The minimum atomic E-state index is -3.61. The van der Waals surface area contributed by atoms with Crippen LogP contribution in [0.2, 0.25) is 0 Å². The second kappa shape index (κ2) is 5.39. The van der Waals surface area contributed by atoms with E-state index in [1.54, 1.807) is 27.0 Å². The van der Waals surface area contributed by atoms with E-state index in [9.17, 15) is 13.2 Å². The predicted octanol–water partition coefficient (Wildman–Crippen LogP) is 0.829. The molecule has 1 aromatic carbocycles. The highest BCUT2D eigenvalue weighted by Crippen LogP contribution is 2.19. The van der Waals surface area contributed by atoms with E-state index in [1.165, 1.54) is 17.0 Å². The largest absolute Gasteiger partial charge is 0.399 e. The molecule has 0 fully saturated rings. The van der Waals surface area contributed by atoms with E-state index in [-0.39, 0.29) is 4.90 Å². The lowest BCUT2D eigenvalue weighted by Gasteiger charge is -2.15. The molecule has 0 bridgehead atoms. The first-order valence-corrected chi connectivity index (χ1v) is 7.26. The Morgan fingerprint density at radius 3 is 2.50 bits per heavy atom. The van der Waals surface area contributed by atoms with Gasteiger partial charge in [-0.15, -0.1) is 0 Å². The van der Waals surface area contributed by atoms with Gasteiger partial charge in [-0.2, -0.15) is 0 Å². The first-order chi connectivity index (χ1) is 8.27. The number of benzene rings is 1. The van der Waals surface area contributed by atoms with Gasteiger partial charge in [0.25, 0.3) is 0 Å². The third-order valence-corrected chi connectivity index (χ3v) is 4.50. The topological polar surface area (TPSA) is 80.5 Å². The second-order valence-corrected chi connectivity index (χ2v) is 6.15. The van der Waals surface area contributed by atoms with E-state index in [4.69, 9.17) is 5.73 Å². The summed E-state index contributed by atoms with van der Waals surface area (Å²) < 4.78 is 24.2. The second-order valence-electron chi connectivity index (χ2n) is 4.19. The van der Waals surface area contributed by atoms with Gasteiger partial charge in [0.15, 0.2) is 9.84 Å². The van der Waals surface area contributed by atoms with Crippen LogP contribution in [0.4, 0.5) is 5.69 Å². The van der Waals surface area contributed by atoms with Crippen LogP contribution < -0.4 is 5.73 Å². The fraction of sp³-hybridized carbons (Fsp3) is 0.417. The Bertz CT molecular complexity index is 552. The molecule has 0 aliphatic heterocycles. The number of carbonyl (C=O) groups excluding carboxylic acids is 1. The van der Waals surface area contributed by atoms with Crippen molar-refractivity contribution in [2.24, 2.45) is 0 Å². The van der Waals surface area contributed by atoms with Crippen molar-refractivity contribution in [3.05, 3.63) is 23.8 Å². The van der Waals surface area contributed by atoms with Crippen LogP contribution in [0.3, 0.4) is 0 Å². The summed E-state index contributed by atoms with van der Waals surface area (Å²) in [6.07, 6.45) is 0. The van der Waals surface area contributed by atoms with Crippen LogP contribution in [-0.2, 0) is 14.6 Å². The molecule has 0 saturated heterocycles. The van der Waals surface area contributed by atoms with Crippen molar-refractivity contribution in [2.75, 3.05) is 25.1 Å². The highest BCUT2D eigenvalue weighted by molar-refractivity contribution is 7.92. The Labute approximate surface area is 108 Å². The molecule has 0 saturated carbocycles. The molecule has 18 heavy (non-hydrogen) atoms. The molecule has 0 heterocycles. The monoisotopic (exact) mass is 270 g/mol. The summed E-state index contributed by atoms with van der Waals surface area (Å²) >= 11 is 0. The van der Waals surface area contributed by atoms with Gasteiger partial charge >= 0.3 is 0 Å². The Morgan fingerprint density at radius 1 is 1.39 bits per heavy atom. The summed E-state index contributed by atoms with van der Waals surface area (Å²) in [7, 11) is -2.03. The molecule has 0 aliphatic rings. The number of hydrogen-bond acceptors (Lipinski definition) is 4. The van der Waals surface area contributed by atoms with Crippen molar-refractivity contribution in [1.29, 1.82) is 0 Å². The lowest BCUT2D eigenvalue weighted by Crippen LogP contribution is -2.32. The Hall–Kier alpha value is -1.56. The molecule has 6 heteroatoms. The predicted molar refractivity (Wildman–Crippen MR) is 71.0 cm³/mol. The van der Waals surface area contributed by atoms with E-state index in [0.717, 1.165) is 0 Å². The minimum absolute atomic E-state index is 0.162. The maximum absolute atomic E-state index is 12.1. The summed E-state index contributed by atoms with van der Waals surface area (Å²) in [5.74, 6) is -0.920. The van der Waals surface area contributed by atoms with E-state index >= 15 is 0 Å². The number of nitrogen functional groups attached to an aromatic ring is 1. The summed E-state index contributed by atoms with van der Waals surface area (Å²) in [5.41, 5.74) is 6.63. The zero-order chi connectivity index (χ0) is 13.9. The van der Waals surface area contributed by atoms with Gasteiger partial charge in [-0.3, -0.25) is 4.79 Å². The number of nitrogens with two attached hydrogens (primary N) is 1. The van der Waals surface area contributed by atoms with E-state index in [1.807, 2.05) is 0 Å². The van der Waals surface area contributed by atoms with Crippen molar-refractivity contribution >= 4 is 21.4 Å². The average molecular weight is 270 g/mol.